The molecule has 3 rings (SSSR count). The van der Waals surface area contributed by atoms with E-state index in [9.17, 15) is 9.59 Å². The topological polar surface area (TPSA) is 67.9 Å². The summed E-state index contributed by atoms with van der Waals surface area (Å²) >= 11 is 1.73. The van der Waals surface area contributed by atoms with Gasteiger partial charge >= 0.3 is 0 Å². The van der Waals surface area contributed by atoms with Crippen LogP contribution < -0.4 is 14.8 Å². The van der Waals surface area contributed by atoms with Crippen molar-refractivity contribution in [1.29, 1.82) is 0 Å². The Morgan fingerprint density at radius 3 is 2.63 bits per heavy atom. The summed E-state index contributed by atoms with van der Waals surface area (Å²) in [6.45, 7) is 6.34. The molecule has 7 heteroatoms. The van der Waals surface area contributed by atoms with Crippen LogP contribution in [0.1, 0.15) is 48.0 Å². The number of nitrogens with one attached hydrogen (secondary N) is 1. The largest absolute Gasteiger partial charge is 0.493 e. The van der Waals surface area contributed by atoms with Crippen molar-refractivity contribution in [2.45, 2.75) is 32.7 Å². The average molecular weight is 431 g/mol. The summed E-state index contributed by atoms with van der Waals surface area (Å²) in [5, 5.41) is 5.10. The lowest BCUT2D eigenvalue weighted by Crippen LogP contribution is -2.42. The van der Waals surface area contributed by atoms with Crippen LogP contribution in [-0.2, 0) is 4.79 Å². The highest BCUT2D eigenvalue weighted by Crippen LogP contribution is 2.30. The van der Waals surface area contributed by atoms with Crippen molar-refractivity contribution in [1.82, 2.24) is 10.2 Å². The van der Waals surface area contributed by atoms with Gasteiger partial charge in [-0.05, 0) is 68.4 Å². The van der Waals surface area contributed by atoms with Gasteiger partial charge in [0.2, 0.25) is 0 Å². The Morgan fingerprint density at radius 2 is 2.00 bits per heavy atom. The molecule has 1 fully saturated rings. The number of benzene rings is 1. The van der Waals surface area contributed by atoms with Crippen molar-refractivity contribution in [2.75, 3.05) is 33.4 Å². The molecule has 1 amide bonds. The van der Waals surface area contributed by atoms with Crippen LogP contribution in [0.25, 0.3) is 0 Å². The van der Waals surface area contributed by atoms with Gasteiger partial charge in [-0.25, -0.2) is 0 Å². The van der Waals surface area contributed by atoms with E-state index in [1.807, 2.05) is 0 Å². The van der Waals surface area contributed by atoms with Gasteiger partial charge in [-0.2, -0.15) is 0 Å². The van der Waals surface area contributed by atoms with Crippen molar-refractivity contribution in [2.24, 2.45) is 5.92 Å². The second-order valence-corrected chi connectivity index (χ2v) is 8.74. The second kappa shape index (κ2) is 10.6. The van der Waals surface area contributed by atoms with Crippen LogP contribution in [0.4, 0.5) is 0 Å². The Hall–Kier alpha value is -2.38. The first kappa shape index (κ1) is 22.3. The van der Waals surface area contributed by atoms with Crippen molar-refractivity contribution in [3.05, 3.63) is 46.2 Å². The number of hydrogen-bond donors (Lipinski definition) is 1. The Bertz CT molecular complexity index is 845. The molecule has 1 N–H and O–H groups in total. The molecule has 2 heterocycles. The van der Waals surface area contributed by atoms with Gasteiger partial charge in [-0.3, -0.25) is 14.5 Å². The van der Waals surface area contributed by atoms with Gasteiger partial charge in [0.1, 0.15) is 0 Å². The van der Waals surface area contributed by atoms with Gasteiger partial charge in [0, 0.05) is 17.0 Å². The minimum Gasteiger partial charge on any atom is -0.493 e. The van der Waals surface area contributed by atoms with Crippen LogP contribution in [0.2, 0.25) is 0 Å². The quantitative estimate of drug-likeness (QED) is 0.611. The smallest absolute Gasteiger partial charge is 0.258 e. The highest BCUT2D eigenvalue weighted by molar-refractivity contribution is 7.10. The lowest BCUT2D eigenvalue weighted by molar-refractivity contribution is -0.123. The first-order valence-electron chi connectivity index (χ1n) is 10.3. The predicted octanol–water partition coefficient (Wildman–Crippen LogP) is 3.93. The van der Waals surface area contributed by atoms with E-state index in [-0.39, 0.29) is 24.3 Å². The Balaban J connectivity index is 1.56. The van der Waals surface area contributed by atoms with Gasteiger partial charge in [0.25, 0.3) is 5.91 Å². The third kappa shape index (κ3) is 5.83. The summed E-state index contributed by atoms with van der Waals surface area (Å²) in [4.78, 5) is 27.7. The van der Waals surface area contributed by atoms with Crippen molar-refractivity contribution >= 4 is 23.0 Å². The van der Waals surface area contributed by atoms with Crippen LogP contribution >= 0.6 is 11.3 Å². The first-order valence-corrected chi connectivity index (χ1v) is 11.2. The molecule has 1 aromatic heterocycles. The molecule has 0 saturated carbocycles. The number of likely N-dealkylation sites (tertiary alicyclic amines) is 1. The van der Waals surface area contributed by atoms with E-state index in [0.717, 1.165) is 19.0 Å². The molecule has 1 aliphatic heterocycles. The van der Waals surface area contributed by atoms with Gasteiger partial charge < -0.3 is 14.8 Å². The van der Waals surface area contributed by atoms with E-state index < -0.39 is 0 Å². The zero-order chi connectivity index (χ0) is 21.5. The molecule has 6 nitrogen and oxygen atoms in total. The highest BCUT2D eigenvalue weighted by Gasteiger charge is 2.25. The highest BCUT2D eigenvalue weighted by atomic mass is 32.1. The molecule has 162 valence electrons. The fourth-order valence-corrected chi connectivity index (χ4v) is 4.50. The number of carbonyl (C=O) groups excluding carboxylic acids is 2. The van der Waals surface area contributed by atoms with E-state index >= 15 is 0 Å². The number of methoxy groups -OCH3 is 1. The lowest BCUT2D eigenvalue weighted by Gasteiger charge is -2.36. The van der Waals surface area contributed by atoms with Crippen LogP contribution in [-0.4, -0.2) is 49.9 Å². The normalized spacial score (nSPS) is 16.1. The molecule has 1 unspecified atom stereocenters. The molecule has 0 spiro atoms. The standard InChI is InChI=1S/C23H30N2O4S/c1-16-8-10-25(11-9-16)19(22-5-4-12-30-22)14-24-23(27)15-29-20-7-6-18(17(2)26)13-21(20)28-3/h4-7,12-13,16,19H,8-11,14-15H2,1-3H3,(H,24,27). The molecule has 2 aromatic rings. The van der Waals surface area contributed by atoms with Gasteiger partial charge in [0.05, 0.1) is 13.2 Å². The number of rotatable bonds is 9. The minimum atomic E-state index is -0.181. The molecule has 1 saturated heterocycles. The molecular weight excluding hydrogens is 400 g/mol. The monoisotopic (exact) mass is 430 g/mol. The number of Topliss-reactive ketones (excluding diaryl/α,β-unsaturated/α-hetero) is 1. The number of carbonyl (C=O) groups is 2. The van der Waals surface area contributed by atoms with Crippen molar-refractivity contribution < 1.29 is 19.1 Å². The molecule has 0 bridgehead atoms. The summed E-state index contributed by atoms with van der Waals surface area (Å²) in [7, 11) is 1.51. The number of piperidine rings is 1. The molecule has 0 aliphatic carbocycles. The SMILES string of the molecule is COc1cc(C(C)=O)ccc1OCC(=O)NCC(c1cccs1)N1CCC(C)CC1. The number of hydrogen-bond acceptors (Lipinski definition) is 6. The number of ketones is 1. The van der Waals surface area contributed by atoms with Crippen LogP contribution in [0.15, 0.2) is 35.7 Å². The van der Waals surface area contributed by atoms with E-state index in [4.69, 9.17) is 9.47 Å². The van der Waals surface area contributed by atoms with E-state index in [1.54, 1.807) is 29.5 Å². The van der Waals surface area contributed by atoms with E-state index in [0.29, 0.717) is 23.6 Å². The number of thiophene rings is 1. The average Bonchev–Trinajstić information content (AvgIpc) is 3.28. The predicted molar refractivity (Wildman–Crippen MR) is 119 cm³/mol. The van der Waals surface area contributed by atoms with E-state index in [1.165, 1.54) is 31.8 Å². The summed E-state index contributed by atoms with van der Waals surface area (Å²) < 4.78 is 10.9. The molecule has 1 aromatic carbocycles. The lowest BCUT2D eigenvalue weighted by atomic mass is 9.97. The number of amides is 1. The summed E-state index contributed by atoms with van der Waals surface area (Å²) in [6.07, 6.45) is 2.38. The van der Waals surface area contributed by atoms with Gasteiger partial charge in [0.15, 0.2) is 23.9 Å². The second-order valence-electron chi connectivity index (χ2n) is 7.76. The molecule has 1 atom stereocenters. The first-order chi connectivity index (χ1) is 14.5. The number of ether oxygens (including phenoxy) is 2. The fourth-order valence-electron chi connectivity index (χ4n) is 3.64. The molecule has 30 heavy (non-hydrogen) atoms. The van der Waals surface area contributed by atoms with Gasteiger partial charge in [-0.15, -0.1) is 11.3 Å². The van der Waals surface area contributed by atoms with Gasteiger partial charge in [-0.1, -0.05) is 13.0 Å². The third-order valence-corrected chi connectivity index (χ3v) is 6.53. The summed E-state index contributed by atoms with van der Waals surface area (Å²) in [5.74, 6) is 1.41. The summed E-state index contributed by atoms with van der Waals surface area (Å²) in [6, 6.07) is 9.33. The zero-order valence-electron chi connectivity index (χ0n) is 17.8. The molecule has 1 aliphatic rings. The van der Waals surface area contributed by atoms with Crippen molar-refractivity contribution in [3.8, 4) is 11.5 Å². The Morgan fingerprint density at radius 1 is 1.23 bits per heavy atom. The van der Waals surface area contributed by atoms with Crippen LogP contribution in [0, 0.1) is 5.92 Å². The van der Waals surface area contributed by atoms with Crippen LogP contribution in [0.3, 0.4) is 0 Å². The fraction of sp³-hybridized carbons (Fsp3) is 0.478. The Kier molecular flexibility index (Phi) is 7.87. The minimum absolute atomic E-state index is 0.0516. The molecule has 0 radical (unpaired) electrons. The maximum absolute atomic E-state index is 12.5. The third-order valence-electron chi connectivity index (χ3n) is 5.55. The maximum Gasteiger partial charge on any atom is 0.258 e. The van der Waals surface area contributed by atoms with E-state index in [2.05, 4.69) is 34.7 Å². The maximum atomic E-state index is 12.5. The summed E-state index contributed by atoms with van der Waals surface area (Å²) in [5.41, 5.74) is 0.540. The van der Waals surface area contributed by atoms with Crippen LogP contribution in [0.5, 0.6) is 11.5 Å². The number of nitrogens with zero attached hydrogens (tertiary/aromatic N) is 1. The Labute approximate surface area is 182 Å². The molecular formula is C23H30N2O4S. The zero-order valence-corrected chi connectivity index (χ0v) is 18.7. The van der Waals surface area contributed by atoms with Crippen molar-refractivity contribution in [3.63, 3.8) is 0 Å².